The molecule has 11 rings (SSSR count). The Morgan fingerprint density at radius 2 is 0.873 bits per heavy atom. The standard InChI is InChI=1S/C52H33NO2/c1-3-13-40(14-4-1)53(41-15-5-2-6-16-41)42-27-25-36(26-28-42)35-19-22-37(23-20-35)43-29-30-45-51-48(32-31-47-50(51)44-17-9-10-18-46(44)54-47)55-52(45)49(43)39-24-21-34-11-7-8-12-38(34)33-39/h1-33H. The summed E-state index contributed by atoms with van der Waals surface area (Å²) in [5.74, 6) is 0. The molecule has 2 aromatic heterocycles. The molecule has 2 heterocycles. The Morgan fingerprint density at radius 1 is 0.327 bits per heavy atom. The maximum absolute atomic E-state index is 6.88. The van der Waals surface area contributed by atoms with Crippen LogP contribution in [-0.4, -0.2) is 0 Å². The van der Waals surface area contributed by atoms with E-state index in [4.69, 9.17) is 8.83 Å². The van der Waals surface area contributed by atoms with Gasteiger partial charge in [-0.1, -0.05) is 133 Å². The molecule has 0 unspecified atom stereocenters. The van der Waals surface area contributed by atoms with E-state index in [1.54, 1.807) is 0 Å². The zero-order valence-corrected chi connectivity index (χ0v) is 29.8. The monoisotopic (exact) mass is 703 g/mol. The number of anilines is 3. The van der Waals surface area contributed by atoms with Gasteiger partial charge in [-0.25, -0.2) is 0 Å². The number of nitrogens with zero attached hydrogens (tertiary/aromatic N) is 1. The highest BCUT2D eigenvalue weighted by atomic mass is 16.3. The number of hydrogen-bond acceptors (Lipinski definition) is 3. The summed E-state index contributed by atoms with van der Waals surface area (Å²) < 4.78 is 13.2. The summed E-state index contributed by atoms with van der Waals surface area (Å²) in [5, 5.41) is 6.76. The lowest BCUT2D eigenvalue weighted by Crippen LogP contribution is -2.09. The van der Waals surface area contributed by atoms with Crippen LogP contribution >= 0.6 is 0 Å². The number of hydrogen-bond donors (Lipinski definition) is 0. The predicted octanol–water partition coefficient (Wildman–Crippen LogP) is 15.1. The first-order valence-electron chi connectivity index (χ1n) is 18.7. The van der Waals surface area contributed by atoms with Crippen LogP contribution in [0.25, 0.3) is 88.0 Å². The van der Waals surface area contributed by atoms with Gasteiger partial charge in [0.15, 0.2) is 0 Å². The van der Waals surface area contributed by atoms with Crippen molar-refractivity contribution in [1.29, 1.82) is 0 Å². The summed E-state index contributed by atoms with van der Waals surface area (Å²) in [6.45, 7) is 0. The summed E-state index contributed by atoms with van der Waals surface area (Å²) in [6, 6.07) is 70.8. The third-order valence-electron chi connectivity index (χ3n) is 10.9. The Labute approximate surface area is 317 Å². The summed E-state index contributed by atoms with van der Waals surface area (Å²) >= 11 is 0. The number of rotatable bonds is 6. The zero-order valence-electron chi connectivity index (χ0n) is 29.8. The van der Waals surface area contributed by atoms with Gasteiger partial charge < -0.3 is 13.7 Å². The second-order valence-corrected chi connectivity index (χ2v) is 14.1. The molecule has 0 spiro atoms. The SMILES string of the molecule is c1ccc(N(c2ccccc2)c2ccc(-c3ccc(-c4ccc5c(oc6ccc7oc8ccccc8c7c65)c4-c4ccc5ccccc5c4)cc3)cc2)cc1. The number of furan rings is 2. The van der Waals surface area contributed by atoms with Crippen LogP contribution in [0.15, 0.2) is 209 Å². The van der Waals surface area contributed by atoms with Gasteiger partial charge in [0.1, 0.15) is 22.3 Å². The van der Waals surface area contributed by atoms with Crippen molar-refractivity contribution < 1.29 is 8.83 Å². The molecule has 0 bridgehead atoms. The lowest BCUT2D eigenvalue weighted by Gasteiger charge is -2.25. The van der Waals surface area contributed by atoms with E-state index >= 15 is 0 Å². The Hall–Kier alpha value is -7.36. The minimum Gasteiger partial charge on any atom is -0.456 e. The van der Waals surface area contributed by atoms with Crippen molar-refractivity contribution >= 4 is 71.7 Å². The smallest absolute Gasteiger partial charge is 0.143 e. The van der Waals surface area contributed by atoms with E-state index in [0.29, 0.717) is 0 Å². The van der Waals surface area contributed by atoms with E-state index in [2.05, 4.69) is 181 Å². The molecule has 0 fully saturated rings. The van der Waals surface area contributed by atoms with Crippen molar-refractivity contribution in [2.45, 2.75) is 0 Å². The average Bonchev–Trinajstić information content (AvgIpc) is 3.83. The first-order valence-corrected chi connectivity index (χ1v) is 18.7. The van der Waals surface area contributed by atoms with Crippen molar-refractivity contribution in [2.24, 2.45) is 0 Å². The quantitative estimate of drug-likeness (QED) is 0.173. The van der Waals surface area contributed by atoms with Crippen LogP contribution in [0.1, 0.15) is 0 Å². The van der Waals surface area contributed by atoms with Crippen LogP contribution in [0.2, 0.25) is 0 Å². The molecule has 0 aliphatic carbocycles. The van der Waals surface area contributed by atoms with Gasteiger partial charge in [0.2, 0.25) is 0 Å². The zero-order chi connectivity index (χ0) is 36.3. The van der Waals surface area contributed by atoms with Crippen LogP contribution in [0.4, 0.5) is 17.1 Å². The molecule has 0 saturated carbocycles. The summed E-state index contributed by atoms with van der Waals surface area (Å²) in [5.41, 5.74) is 13.6. The van der Waals surface area contributed by atoms with Gasteiger partial charge in [-0.3, -0.25) is 0 Å². The van der Waals surface area contributed by atoms with Crippen molar-refractivity contribution in [2.75, 3.05) is 4.90 Å². The van der Waals surface area contributed by atoms with E-state index in [1.807, 2.05) is 24.3 Å². The molecule has 0 aliphatic heterocycles. The first-order chi connectivity index (χ1) is 27.3. The van der Waals surface area contributed by atoms with E-state index in [-0.39, 0.29) is 0 Å². The first kappa shape index (κ1) is 31.2. The minimum absolute atomic E-state index is 0.852. The molecule has 0 aliphatic rings. The van der Waals surface area contributed by atoms with Gasteiger partial charge in [-0.2, -0.15) is 0 Å². The molecule has 9 aromatic carbocycles. The molecule has 0 N–H and O–H groups in total. The molecule has 0 saturated heterocycles. The van der Waals surface area contributed by atoms with Crippen molar-refractivity contribution in [3.63, 3.8) is 0 Å². The molecule has 11 aromatic rings. The third-order valence-corrected chi connectivity index (χ3v) is 10.9. The highest BCUT2D eigenvalue weighted by Gasteiger charge is 2.22. The highest BCUT2D eigenvalue weighted by Crippen LogP contribution is 2.46. The maximum Gasteiger partial charge on any atom is 0.143 e. The molecule has 0 amide bonds. The molecule has 0 radical (unpaired) electrons. The Morgan fingerprint density at radius 3 is 1.60 bits per heavy atom. The summed E-state index contributed by atoms with van der Waals surface area (Å²) in [7, 11) is 0. The van der Waals surface area contributed by atoms with Crippen molar-refractivity contribution in [3.05, 3.63) is 200 Å². The van der Waals surface area contributed by atoms with Gasteiger partial charge in [0, 0.05) is 44.2 Å². The molecular weight excluding hydrogens is 671 g/mol. The molecule has 3 nitrogen and oxygen atoms in total. The number of benzene rings is 9. The molecule has 0 atom stereocenters. The Balaban J connectivity index is 1.03. The van der Waals surface area contributed by atoms with Crippen LogP contribution in [-0.2, 0) is 0 Å². The fourth-order valence-electron chi connectivity index (χ4n) is 8.26. The molecule has 258 valence electrons. The van der Waals surface area contributed by atoms with Crippen LogP contribution in [0.5, 0.6) is 0 Å². The van der Waals surface area contributed by atoms with Gasteiger partial charge in [-0.05, 0) is 105 Å². The van der Waals surface area contributed by atoms with E-state index in [0.717, 1.165) is 94.3 Å². The highest BCUT2D eigenvalue weighted by molar-refractivity contribution is 6.27. The molecule has 55 heavy (non-hydrogen) atoms. The number of fused-ring (bicyclic) bond motifs is 8. The molecule has 3 heteroatoms. The van der Waals surface area contributed by atoms with Crippen LogP contribution in [0.3, 0.4) is 0 Å². The Kier molecular flexibility index (Phi) is 7.17. The lowest BCUT2D eigenvalue weighted by molar-refractivity contribution is 0.663. The predicted molar refractivity (Wildman–Crippen MR) is 229 cm³/mol. The second kappa shape index (κ2) is 12.6. The minimum atomic E-state index is 0.852. The van der Waals surface area contributed by atoms with Crippen molar-refractivity contribution in [1.82, 2.24) is 0 Å². The van der Waals surface area contributed by atoms with Gasteiger partial charge in [0.25, 0.3) is 0 Å². The fraction of sp³-hybridized carbons (Fsp3) is 0. The maximum atomic E-state index is 6.88. The average molecular weight is 704 g/mol. The van der Waals surface area contributed by atoms with Gasteiger partial charge in [0.05, 0.1) is 0 Å². The van der Waals surface area contributed by atoms with Crippen LogP contribution in [0, 0.1) is 0 Å². The van der Waals surface area contributed by atoms with E-state index in [9.17, 15) is 0 Å². The van der Waals surface area contributed by atoms with E-state index in [1.165, 1.54) is 10.8 Å². The van der Waals surface area contributed by atoms with Crippen LogP contribution < -0.4 is 4.90 Å². The van der Waals surface area contributed by atoms with Gasteiger partial charge in [-0.15, -0.1) is 0 Å². The largest absolute Gasteiger partial charge is 0.456 e. The summed E-state index contributed by atoms with van der Waals surface area (Å²) in [4.78, 5) is 2.29. The Bertz CT molecular complexity index is 3140. The number of para-hydroxylation sites is 3. The van der Waals surface area contributed by atoms with Crippen molar-refractivity contribution in [3.8, 4) is 33.4 Å². The lowest BCUT2D eigenvalue weighted by atomic mass is 9.90. The second-order valence-electron chi connectivity index (χ2n) is 14.1. The normalized spacial score (nSPS) is 11.6. The third kappa shape index (κ3) is 5.20. The fourth-order valence-corrected chi connectivity index (χ4v) is 8.26. The molecular formula is C52H33NO2. The van der Waals surface area contributed by atoms with Gasteiger partial charge >= 0.3 is 0 Å². The summed E-state index contributed by atoms with van der Waals surface area (Å²) in [6.07, 6.45) is 0. The van der Waals surface area contributed by atoms with E-state index < -0.39 is 0 Å². The topological polar surface area (TPSA) is 29.5 Å².